The maximum Gasteiger partial charge on any atom is 0.387 e. The van der Waals surface area contributed by atoms with Gasteiger partial charge in [-0.25, -0.2) is 0 Å². The summed E-state index contributed by atoms with van der Waals surface area (Å²) in [5, 5.41) is 3.29. The van der Waals surface area contributed by atoms with Gasteiger partial charge in [0, 0.05) is 18.2 Å². The first kappa shape index (κ1) is 11.3. The molecule has 0 saturated heterocycles. The zero-order valence-corrected chi connectivity index (χ0v) is 9.17. The number of nitrogens with one attached hydrogen (secondary N) is 1. The summed E-state index contributed by atoms with van der Waals surface area (Å²) in [5.41, 5.74) is 1.85. The summed E-state index contributed by atoms with van der Waals surface area (Å²) in [4.78, 5) is 0. The van der Waals surface area contributed by atoms with Crippen LogP contribution in [0.15, 0.2) is 18.2 Å². The van der Waals surface area contributed by atoms with Crippen LogP contribution in [0.3, 0.4) is 0 Å². The molecule has 1 aromatic rings. The Labute approximate surface area is 93.6 Å². The minimum atomic E-state index is -2.76. The Morgan fingerprint density at radius 1 is 1.44 bits per heavy atom. The highest BCUT2D eigenvalue weighted by Crippen LogP contribution is 2.24. The second kappa shape index (κ2) is 4.78. The molecule has 16 heavy (non-hydrogen) atoms. The SMILES string of the molecule is Cc1ccc(OC(F)F)c(CNC2CC2)c1. The molecule has 1 aromatic carbocycles. The number of halogens is 2. The highest BCUT2D eigenvalue weighted by Gasteiger charge is 2.21. The van der Waals surface area contributed by atoms with E-state index in [1.54, 1.807) is 12.1 Å². The van der Waals surface area contributed by atoms with E-state index < -0.39 is 6.61 Å². The van der Waals surface area contributed by atoms with Gasteiger partial charge in [-0.1, -0.05) is 17.7 Å². The first-order valence-corrected chi connectivity index (χ1v) is 5.43. The van der Waals surface area contributed by atoms with Gasteiger partial charge in [-0.05, 0) is 25.8 Å². The van der Waals surface area contributed by atoms with Crippen molar-refractivity contribution >= 4 is 0 Å². The predicted octanol–water partition coefficient (Wildman–Crippen LogP) is 2.85. The van der Waals surface area contributed by atoms with E-state index in [0.717, 1.165) is 11.1 Å². The van der Waals surface area contributed by atoms with Gasteiger partial charge in [-0.2, -0.15) is 8.78 Å². The first-order chi connectivity index (χ1) is 7.65. The molecule has 0 aliphatic heterocycles. The van der Waals surface area contributed by atoms with E-state index in [0.29, 0.717) is 12.6 Å². The number of ether oxygens (including phenoxy) is 1. The van der Waals surface area contributed by atoms with Gasteiger partial charge >= 0.3 is 6.61 Å². The Balaban J connectivity index is 2.07. The van der Waals surface area contributed by atoms with Crippen molar-refractivity contribution in [2.75, 3.05) is 0 Å². The molecule has 1 fully saturated rings. The molecule has 4 heteroatoms. The van der Waals surface area contributed by atoms with Crippen LogP contribution in [0.5, 0.6) is 5.75 Å². The summed E-state index contributed by atoms with van der Waals surface area (Å²) in [6, 6.07) is 5.82. The number of alkyl halides is 2. The monoisotopic (exact) mass is 227 g/mol. The van der Waals surface area contributed by atoms with Crippen LogP contribution in [0.2, 0.25) is 0 Å². The normalized spacial score (nSPS) is 15.5. The molecule has 2 nitrogen and oxygen atoms in total. The molecule has 1 aliphatic carbocycles. The van der Waals surface area contributed by atoms with Crippen molar-refractivity contribution in [2.24, 2.45) is 0 Å². The average Bonchev–Trinajstić information content (AvgIpc) is 3.01. The number of hydrogen-bond acceptors (Lipinski definition) is 2. The van der Waals surface area contributed by atoms with E-state index >= 15 is 0 Å². The standard InChI is InChI=1S/C12H15F2NO/c1-8-2-5-11(16-12(13)14)9(6-8)7-15-10-3-4-10/h2,5-6,10,12,15H,3-4,7H2,1H3. The third-order valence-electron chi connectivity index (χ3n) is 2.59. The molecule has 0 unspecified atom stereocenters. The largest absolute Gasteiger partial charge is 0.434 e. The lowest BCUT2D eigenvalue weighted by atomic mass is 10.1. The van der Waals surface area contributed by atoms with Crippen molar-refractivity contribution in [3.05, 3.63) is 29.3 Å². The van der Waals surface area contributed by atoms with Crippen LogP contribution < -0.4 is 10.1 Å². The fourth-order valence-electron chi connectivity index (χ4n) is 1.60. The van der Waals surface area contributed by atoms with Crippen molar-refractivity contribution < 1.29 is 13.5 Å². The summed E-state index contributed by atoms with van der Waals surface area (Å²) in [6.45, 7) is -0.233. The second-order valence-corrected chi connectivity index (χ2v) is 4.14. The summed E-state index contributed by atoms with van der Waals surface area (Å²) in [6.07, 6.45) is 2.35. The smallest absolute Gasteiger partial charge is 0.387 e. The molecule has 0 heterocycles. The van der Waals surface area contributed by atoms with Gasteiger partial charge in [0.1, 0.15) is 5.75 Å². The fraction of sp³-hybridized carbons (Fsp3) is 0.500. The maximum absolute atomic E-state index is 12.2. The quantitative estimate of drug-likeness (QED) is 0.835. The summed E-state index contributed by atoms with van der Waals surface area (Å²) in [5.74, 6) is 0.272. The molecule has 0 bridgehead atoms. The average molecular weight is 227 g/mol. The molecule has 1 saturated carbocycles. The Morgan fingerprint density at radius 2 is 2.19 bits per heavy atom. The van der Waals surface area contributed by atoms with Crippen LogP contribution in [0.4, 0.5) is 8.78 Å². The molecule has 0 spiro atoms. The van der Waals surface area contributed by atoms with Crippen molar-refractivity contribution in [3.8, 4) is 5.75 Å². The number of benzene rings is 1. The van der Waals surface area contributed by atoms with Crippen LogP contribution >= 0.6 is 0 Å². The number of hydrogen-bond donors (Lipinski definition) is 1. The van der Waals surface area contributed by atoms with E-state index in [1.807, 2.05) is 13.0 Å². The molecule has 0 atom stereocenters. The Kier molecular flexibility index (Phi) is 3.39. The fourth-order valence-corrected chi connectivity index (χ4v) is 1.60. The van der Waals surface area contributed by atoms with Gasteiger partial charge in [-0.15, -0.1) is 0 Å². The van der Waals surface area contributed by atoms with Crippen molar-refractivity contribution in [1.29, 1.82) is 0 Å². The van der Waals surface area contributed by atoms with Gasteiger partial charge < -0.3 is 10.1 Å². The van der Waals surface area contributed by atoms with Crippen molar-refractivity contribution in [2.45, 2.75) is 39.0 Å². The first-order valence-electron chi connectivity index (χ1n) is 5.43. The van der Waals surface area contributed by atoms with Crippen LogP contribution in [0.1, 0.15) is 24.0 Å². The molecule has 1 N–H and O–H groups in total. The minimum Gasteiger partial charge on any atom is -0.434 e. The lowest BCUT2D eigenvalue weighted by molar-refractivity contribution is -0.0505. The van der Waals surface area contributed by atoms with Crippen LogP contribution in [0, 0.1) is 6.92 Å². The second-order valence-electron chi connectivity index (χ2n) is 4.14. The van der Waals surface area contributed by atoms with Crippen molar-refractivity contribution in [1.82, 2.24) is 5.32 Å². The molecule has 2 rings (SSSR count). The Hall–Kier alpha value is -1.16. The van der Waals surface area contributed by atoms with Gasteiger partial charge in [0.05, 0.1) is 0 Å². The molecular weight excluding hydrogens is 212 g/mol. The highest BCUT2D eigenvalue weighted by molar-refractivity contribution is 5.37. The van der Waals surface area contributed by atoms with Crippen LogP contribution in [-0.4, -0.2) is 12.7 Å². The molecular formula is C12H15F2NO. The van der Waals surface area contributed by atoms with Crippen LogP contribution in [0.25, 0.3) is 0 Å². The molecule has 0 radical (unpaired) electrons. The van der Waals surface area contributed by atoms with Gasteiger partial charge in [0.2, 0.25) is 0 Å². The summed E-state index contributed by atoms with van der Waals surface area (Å²) < 4.78 is 28.8. The van der Waals surface area contributed by atoms with E-state index in [1.165, 1.54) is 12.8 Å². The number of aryl methyl sites for hydroxylation is 1. The molecule has 0 amide bonds. The summed E-state index contributed by atoms with van der Waals surface area (Å²) >= 11 is 0. The third kappa shape index (κ3) is 3.17. The molecule has 1 aliphatic rings. The zero-order valence-electron chi connectivity index (χ0n) is 9.17. The zero-order chi connectivity index (χ0) is 11.5. The Bertz CT molecular complexity index is 364. The van der Waals surface area contributed by atoms with E-state index in [2.05, 4.69) is 10.1 Å². The van der Waals surface area contributed by atoms with Gasteiger partial charge in [0.25, 0.3) is 0 Å². The van der Waals surface area contributed by atoms with Crippen molar-refractivity contribution in [3.63, 3.8) is 0 Å². The highest BCUT2D eigenvalue weighted by atomic mass is 19.3. The third-order valence-corrected chi connectivity index (χ3v) is 2.59. The maximum atomic E-state index is 12.2. The minimum absolute atomic E-state index is 0.272. The van der Waals surface area contributed by atoms with E-state index in [4.69, 9.17) is 0 Å². The van der Waals surface area contributed by atoms with Crippen LogP contribution in [-0.2, 0) is 6.54 Å². The van der Waals surface area contributed by atoms with Gasteiger partial charge in [0.15, 0.2) is 0 Å². The van der Waals surface area contributed by atoms with E-state index in [9.17, 15) is 8.78 Å². The molecule has 88 valence electrons. The summed E-state index contributed by atoms with van der Waals surface area (Å²) in [7, 11) is 0. The molecule has 0 aromatic heterocycles. The number of rotatable bonds is 5. The van der Waals surface area contributed by atoms with Gasteiger partial charge in [-0.3, -0.25) is 0 Å². The topological polar surface area (TPSA) is 21.3 Å². The lowest BCUT2D eigenvalue weighted by Gasteiger charge is -2.12. The lowest BCUT2D eigenvalue weighted by Crippen LogP contribution is -2.16. The predicted molar refractivity (Wildman–Crippen MR) is 57.7 cm³/mol. The Morgan fingerprint density at radius 3 is 2.81 bits per heavy atom. The van der Waals surface area contributed by atoms with E-state index in [-0.39, 0.29) is 5.75 Å².